The van der Waals surface area contributed by atoms with Gasteiger partial charge in [0.15, 0.2) is 0 Å². The molecule has 3 heteroatoms. The van der Waals surface area contributed by atoms with Crippen LogP contribution in [0.4, 0.5) is 0 Å². The first kappa shape index (κ1) is 14.3. The lowest BCUT2D eigenvalue weighted by atomic mass is 10.1. The number of likely N-dealkylation sites (N-methyl/N-ethyl adjacent to an activating group) is 1. The molecular weight excluding hydrogens is 212 g/mol. The number of hydrogen-bond acceptors (Lipinski definition) is 3. The standard InChI is InChI=1S/C14H26N2O/c1-6-13-12(7-10-17-13)11-16(5)9-8-15-14(2,3)4/h7,10,15H,6,8-9,11H2,1-5H3. The third-order valence-corrected chi connectivity index (χ3v) is 2.75. The Morgan fingerprint density at radius 1 is 1.35 bits per heavy atom. The van der Waals surface area contributed by atoms with E-state index in [2.05, 4.69) is 51.0 Å². The lowest BCUT2D eigenvalue weighted by molar-refractivity contribution is 0.301. The summed E-state index contributed by atoms with van der Waals surface area (Å²) in [6.45, 7) is 11.7. The summed E-state index contributed by atoms with van der Waals surface area (Å²) in [6.07, 6.45) is 2.76. The molecule has 1 N–H and O–H groups in total. The van der Waals surface area contributed by atoms with Crippen molar-refractivity contribution < 1.29 is 4.42 Å². The summed E-state index contributed by atoms with van der Waals surface area (Å²) in [5.41, 5.74) is 1.51. The highest BCUT2D eigenvalue weighted by molar-refractivity contribution is 5.16. The van der Waals surface area contributed by atoms with Crippen LogP contribution in [0.25, 0.3) is 0 Å². The van der Waals surface area contributed by atoms with Gasteiger partial charge in [0.2, 0.25) is 0 Å². The van der Waals surface area contributed by atoms with Gasteiger partial charge in [-0.05, 0) is 33.9 Å². The maximum Gasteiger partial charge on any atom is 0.107 e. The van der Waals surface area contributed by atoms with Gasteiger partial charge in [-0.25, -0.2) is 0 Å². The second-order valence-electron chi connectivity index (χ2n) is 5.64. The van der Waals surface area contributed by atoms with Crippen molar-refractivity contribution >= 4 is 0 Å². The summed E-state index contributed by atoms with van der Waals surface area (Å²) < 4.78 is 5.43. The zero-order chi connectivity index (χ0) is 12.9. The first-order chi connectivity index (χ1) is 7.92. The number of furan rings is 1. The van der Waals surface area contributed by atoms with Crippen molar-refractivity contribution in [2.24, 2.45) is 0 Å². The summed E-state index contributed by atoms with van der Waals surface area (Å²) in [7, 11) is 2.15. The van der Waals surface area contributed by atoms with Crippen LogP contribution in [-0.2, 0) is 13.0 Å². The highest BCUT2D eigenvalue weighted by Gasteiger charge is 2.10. The van der Waals surface area contributed by atoms with Gasteiger partial charge in [0.25, 0.3) is 0 Å². The van der Waals surface area contributed by atoms with E-state index in [9.17, 15) is 0 Å². The molecule has 0 bridgehead atoms. The lowest BCUT2D eigenvalue weighted by Crippen LogP contribution is -2.40. The van der Waals surface area contributed by atoms with Crippen molar-refractivity contribution in [2.75, 3.05) is 20.1 Å². The Balaban J connectivity index is 2.32. The first-order valence-electron chi connectivity index (χ1n) is 6.41. The molecule has 0 aliphatic carbocycles. The number of nitrogens with zero attached hydrogens (tertiary/aromatic N) is 1. The van der Waals surface area contributed by atoms with Gasteiger partial charge in [0, 0.05) is 37.2 Å². The summed E-state index contributed by atoms with van der Waals surface area (Å²) in [6, 6.07) is 2.08. The van der Waals surface area contributed by atoms with E-state index in [1.807, 2.05) is 0 Å². The summed E-state index contributed by atoms with van der Waals surface area (Å²) >= 11 is 0. The van der Waals surface area contributed by atoms with E-state index in [1.165, 1.54) is 5.56 Å². The van der Waals surface area contributed by atoms with E-state index in [0.717, 1.165) is 31.8 Å². The molecule has 0 aromatic carbocycles. The fourth-order valence-electron chi connectivity index (χ4n) is 1.81. The summed E-state index contributed by atoms with van der Waals surface area (Å²) in [5, 5.41) is 3.50. The van der Waals surface area contributed by atoms with E-state index >= 15 is 0 Å². The highest BCUT2D eigenvalue weighted by atomic mass is 16.3. The Kier molecular flexibility index (Phi) is 5.22. The zero-order valence-electron chi connectivity index (χ0n) is 11.8. The minimum atomic E-state index is 0.199. The topological polar surface area (TPSA) is 28.4 Å². The largest absolute Gasteiger partial charge is 0.469 e. The van der Waals surface area contributed by atoms with E-state index in [1.54, 1.807) is 6.26 Å². The molecule has 1 heterocycles. The minimum Gasteiger partial charge on any atom is -0.469 e. The smallest absolute Gasteiger partial charge is 0.107 e. The molecule has 0 aliphatic heterocycles. The number of hydrogen-bond donors (Lipinski definition) is 1. The Morgan fingerprint density at radius 3 is 2.65 bits per heavy atom. The molecule has 0 spiro atoms. The van der Waals surface area contributed by atoms with Crippen LogP contribution in [-0.4, -0.2) is 30.6 Å². The van der Waals surface area contributed by atoms with E-state index in [4.69, 9.17) is 4.42 Å². The second kappa shape index (κ2) is 6.22. The van der Waals surface area contributed by atoms with Crippen LogP contribution in [0.2, 0.25) is 0 Å². The Morgan fingerprint density at radius 2 is 2.06 bits per heavy atom. The second-order valence-corrected chi connectivity index (χ2v) is 5.64. The molecule has 0 saturated heterocycles. The molecule has 98 valence electrons. The van der Waals surface area contributed by atoms with Gasteiger partial charge < -0.3 is 14.6 Å². The average Bonchev–Trinajstić information content (AvgIpc) is 2.63. The van der Waals surface area contributed by atoms with Crippen molar-refractivity contribution in [3.63, 3.8) is 0 Å². The first-order valence-corrected chi connectivity index (χ1v) is 6.41. The Labute approximate surface area is 105 Å². The molecule has 0 fully saturated rings. The van der Waals surface area contributed by atoms with Crippen molar-refractivity contribution in [1.29, 1.82) is 0 Å². The molecule has 1 aromatic heterocycles. The van der Waals surface area contributed by atoms with Gasteiger partial charge >= 0.3 is 0 Å². The van der Waals surface area contributed by atoms with Crippen molar-refractivity contribution in [1.82, 2.24) is 10.2 Å². The van der Waals surface area contributed by atoms with Gasteiger partial charge in [0.1, 0.15) is 5.76 Å². The molecule has 0 amide bonds. The van der Waals surface area contributed by atoms with Crippen molar-refractivity contribution in [3.05, 3.63) is 23.7 Å². The molecule has 17 heavy (non-hydrogen) atoms. The number of nitrogens with one attached hydrogen (secondary N) is 1. The molecule has 0 atom stereocenters. The Hall–Kier alpha value is -0.800. The molecule has 1 rings (SSSR count). The van der Waals surface area contributed by atoms with Crippen LogP contribution < -0.4 is 5.32 Å². The highest BCUT2D eigenvalue weighted by Crippen LogP contribution is 2.12. The lowest BCUT2D eigenvalue weighted by Gasteiger charge is -2.23. The van der Waals surface area contributed by atoms with Gasteiger partial charge in [-0.1, -0.05) is 6.92 Å². The molecule has 3 nitrogen and oxygen atoms in total. The van der Waals surface area contributed by atoms with Crippen LogP contribution in [0.5, 0.6) is 0 Å². The average molecular weight is 238 g/mol. The SMILES string of the molecule is CCc1occc1CN(C)CCNC(C)(C)C. The fourth-order valence-corrected chi connectivity index (χ4v) is 1.81. The maximum absolute atomic E-state index is 5.43. The van der Waals surface area contributed by atoms with E-state index in [0.29, 0.717) is 0 Å². The van der Waals surface area contributed by atoms with Crippen LogP contribution >= 0.6 is 0 Å². The molecule has 0 saturated carbocycles. The predicted molar refractivity (Wildman–Crippen MR) is 72.2 cm³/mol. The van der Waals surface area contributed by atoms with E-state index in [-0.39, 0.29) is 5.54 Å². The normalized spacial score (nSPS) is 12.4. The molecule has 0 unspecified atom stereocenters. The third-order valence-electron chi connectivity index (χ3n) is 2.75. The van der Waals surface area contributed by atoms with Gasteiger partial charge in [-0.15, -0.1) is 0 Å². The Bertz CT molecular complexity index is 325. The van der Waals surface area contributed by atoms with Crippen LogP contribution in [0.1, 0.15) is 39.0 Å². The molecular formula is C14H26N2O. The molecule has 0 radical (unpaired) electrons. The third kappa shape index (κ3) is 5.37. The van der Waals surface area contributed by atoms with Gasteiger partial charge in [-0.2, -0.15) is 0 Å². The summed E-state index contributed by atoms with van der Waals surface area (Å²) in [5.74, 6) is 1.11. The van der Waals surface area contributed by atoms with Crippen molar-refractivity contribution in [2.45, 2.75) is 46.2 Å². The van der Waals surface area contributed by atoms with Crippen LogP contribution in [0.15, 0.2) is 16.7 Å². The van der Waals surface area contributed by atoms with Gasteiger partial charge in [-0.3, -0.25) is 0 Å². The number of rotatable bonds is 6. The molecule has 0 aliphatic rings. The van der Waals surface area contributed by atoms with Crippen LogP contribution in [0, 0.1) is 0 Å². The quantitative estimate of drug-likeness (QED) is 0.826. The van der Waals surface area contributed by atoms with Crippen LogP contribution in [0.3, 0.4) is 0 Å². The predicted octanol–water partition coefficient (Wildman–Crippen LogP) is 2.66. The van der Waals surface area contributed by atoms with E-state index < -0.39 is 0 Å². The summed E-state index contributed by atoms with van der Waals surface area (Å²) in [4.78, 5) is 2.32. The minimum absolute atomic E-state index is 0.199. The fraction of sp³-hybridized carbons (Fsp3) is 0.714. The van der Waals surface area contributed by atoms with Crippen molar-refractivity contribution in [3.8, 4) is 0 Å². The van der Waals surface area contributed by atoms with Gasteiger partial charge in [0.05, 0.1) is 6.26 Å². The zero-order valence-corrected chi connectivity index (χ0v) is 11.8. The monoisotopic (exact) mass is 238 g/mol. The number of aryl methyl sites for hydroxylation is 1. The maximum atomic E-state index is 5.43. The molecule has 1 aromatic rings.